The minimum Gasteiger partial charge on any atom is -0.396 e. The second-order valence-corrected chi connectivity index (χ2v) is 6.08. The van der Waals surface area contributed by atoms with E-state index in [1.807, 2.05) is 6.07 Å². The van der Waals surface area contributed by atoms with E-state index in [0.29, 0.717) is 6.42 Å². The lowest BCUT2D eigenvalue weighted by Gasteiger charge is -2.07. The molecule has 3 N–H and O–H groups in total. The molecule has 0 unspecified atom stereocenters. The van der Waals surface area contributed by atoms with Crippen molar-refractivity contribution in [1.29, 1.82) is 0 Å². The Morgan fingerprint density at radius 1 is 1.40 bits per heavy atom. The van der Waals surface area contributed by atoms with Crippen molar-refractivity contribution < 1.29 is 12.8 Å². The number of aromatic nitrogens is 2. The zero-order chi connectivity index (χ0) is 14.8. The molecule has 1 aromatic carbocycles. The van der Waals surface area contributed by atoms with Gasteiger partial charge < -0.3 is 5.73 Å². The van der Waals surface area contributed by atoms with Crippen LogP contribution >= 0.6 is 0 Å². The van der Waals surface area contributed by atoms with E-state index in [0.717, 1.165) is 17.8 Å². The Balaban J connectivity index is 2.02. The van der Waals surface area contributed by atoms with Crippen molar-refractivity contribution in [2.24, 2.45) is 7.05 Å². The topological polar surface area (TPSA) is 90.0 Å². The van der Waals surface area contributed by atoms with Gasteiger partial charge in [0.05, 0.1) is 16.3 Å². The summed E-state index contributed by atoms with van der Waals surface area (Å²) < 4.78 is 41.0. The molecule has 1 aromatic heterocycles. The van der Waals surface area contributed by atoms with Gasteiger partial charge in [-0.15, -0.1) is 0 Å². The van der Waals surface area contributed by atoms with Gasteiger partial charge in [-0.2, -0.15) is 5.10 Å². The van der Waals surface area contributed by atoms with E-state index in [1.54, 1.807) is 17.9 Å². The number of anilines is 1. The third-order valence-corrected chi connectivity index (χ3v) is 4.18. The van der Waals surface area contributed by atoms with E-state index in [9.17, 15) is 12.8 Å². The molecule has 6 nitrogen and oxygen atoms in total. The molecule has 2 rings (SSSR count). The number of benzene rings is 1. The summed E-state index contributed by atoms with van der Waals surface area (Å²) in [6, 6.07) is 5.11. The van der Waals surface area contributed by atoms with Crippen LogP contribution in [0.1, 0.15) is 5.69 Å². The van der Waals surface area contributed by atoms with E-state index < -0.39 is 15.8 Å². The fourth-order valence-corrected chi connectivity index (χ4v) is 2.75. The van der Waals surface area contributed by atoms with Crippen molar-refractivity contribution in [2.75, 3.05) is 12.3 Å². The van der Waals surface area contributed by atoms with Gasteiger partial charge in [0.2, 0.25) is 10.0 Å². The Labute approximate surface area is 116 Å². The monoisotopic (exact) mass is 298 g/mol. The van der Waals surface area contributed by atoms with Gasteiger partial charge in [0.1, 0.15) is 5.82 Å². The fourth-order valence-electron chi connectivity index (χ4n) is 1.68. The molecule has 2 aromatic rings. The first-order chi connectivity index (χ1) is 9.38. The molecule has 0 fully saturated rings. The summed E-state index contributed by atoms with van der Waals surface area (Å²) in [5.41, 5.74) is 5.95. The summed E-state index contributed by atoms with van der Waals surface area (Å²) in [6.45, 7) is 0.205. The first-order valence-corrected chi connectivity index (χ1v) is 7.40. The summed E-state index contributed by atoms with van der Waals surface area (Å²) in [4.78, 5) is -0.0579. The number of rotatable bonds is 5. The largest absolute Gasteiger partial charge is 0.396 e. The first kappa shape index (κ1) is 14.5. The number of nitrogens with zero attached hydrogens (tertiary/aromatic N) is 2. The molecule has 8 heteroatoms. The summed E-state index contributed by atoms with van der Waals surface area (Å²) in [7, 11) is -1.91. The number of nitrogens with two attached hydrogens (primary N) is 1. The Morgan fingerprint density at radius 3 is 2.75 bits per heavy atom. The van der Waals surface area contributed by atoms with Gasteiger partial charge >= 0.3 is 0 Å². The molecular formula is C12H15FN4O2S. The summed E-state index contributed by atoms with van der Waals surface area (Å²) >= 11 is 0. The van der Waals surface area contributed by atoms with Crippen molar-refractivity contribution in [1.82, 2.24) is 14.5 Å². The third-order valence-electron chi connectivity index (χ3n) is 2.72. The maximum Gasteiger partial charge on any atom is 0.240 e. The van der Waals surface area contributed by atoms with Gasteiger partial charge in [0, 0.05) is 26.2 Å². The Hall–Kier alpha value is -1.93. The highest BCUT2D eigenvalue weighted by atomic mass is 32.2. The van der Waals surface area contributed by atoms with E-state index in [1.165, 1.54) is 6.07 Å². The number of nitrogens with one attached hydrogen (secondary N) is 1. The average Bonchev–Trinajstić information content (AvgIpc) is 2.78. The van der Waals surface area contributed by atoms with Crippen molar-refractivity contribution in [3.8, 4) is 0 Å². The second-order valence-electron chi connectivity index (χ2n) is 4.31. The molecule has 0 amide bonds. The lowest BCUT2D eigenvalue weighted by molar-refractivity contribution is 0.580. The van der Waals surface area contributed by atoms with Crippen molar-refractivity contribution >= 4 is 15.7 Å². The molecule has 0 aliphatic heterocycles. The third kappa shape index (κ3) is 3.34. The van der Waals surface area contributed by atoms with Crippen LogP contribution in [0.2, 0.25) is 0 Å². The average molecular weight is 298 g/mol. The predicted octanol–water partition coefficient (Wildman–Crippen LogP) is 0.662. The van der Waals surface area contributed by atoms with Crippen molar-refractivity contribution in [3.63, 3.8) is 0 Å². The molecule has 1 heterocycles. The van der Waals surface area contributed by atoms with Crippen LogP contribution in [0.15, 0.2) is 35.4 Å². The number of nitrogen functional groups attached to an aromatic ring is 1. The molecule has 0 bridgehead atoms. The number of halogens is 1. The molecule has 0 atom stereocenters. The Bertz CT molecular complexity index is 712. The van der Waals surface area contributed by atoms with E-state index >= 15 is 0 Å². The lowest BCUT2D eigenvalue weighted by atomic mass is 10.3. The molecule has 20 heavy (non-hydrogen) atoms. The Morgan fingerprint density at radius 2 is 2.15 bits per heavy atom. The number of hydrogen-bond donors (Lipinski definition) is 2. The minimum absolute atomic E-state index is 0.0579. The molecule has 0 aliphatic carbocycles. The van der Waals surface area contributed by atoms with Crippen molar-refractivity contribution in [3.05, 3.63) is 42.0 Å². The van der Waals surface area contributed by atoms with Gasteiger partial charge in [-0.1, -0.05) is 0 Å². The normalized spacial score (nSPS) is 11.7. The number of hydrogen-bond acceptors (Lipinski definition) is 4. The zero-order valence-corrected chi connectivity index (χ0v) is 11.7. The number of aryl methyl sites for hydroxylation is 1. The van der Waals surface area contributed by atoms with Crippen LogP contribution in [0.3, 0.4) is 0 Å². The lowest BCUT2D eigenvalue weighted by Crippen LogP contribution is -2.26. The highest BCUT2D eigenvalue weighted by molar-refractivity contribution is 7.89. The highest BCUT2D eigenvalue weighted by Gasteiger charge is 2.15. The highest BCUT2D eigenvalue weighted by Crippen LogP contribution is 2.16. The molecule has 0 aliphatic rings. The van der Waals surface area contributed by atoms with Gasteiger partial charge in [-0.05, 0) is 24.3 Å². The van der Waals surface area contributed by atoms with Crippen LogP contribution in [0.5, 0.6) is 0 Å². The van der Waals surface area contributed by atoms with Crippen LogP contribution in [0, 0.1) is 5.82 Å². The smallest absolute Gasteiger partial charge is 0.240 e. The fraction of sp³-hybridized carbons (Fsp3) is 0.250. The molecule has 0 saturated heterocycles. The molecule has 0 spiro atoms. The van der Waals surface area contributed by atoms with E-state index in [2.05, 4.69) is 9.82 Å². The van der Waals surface area contributed by atoms with Crippen LogP contribution in [-0.4, -0.2) is 24.7 Å². The van der Waals surface area contributed by atoms with Crippen LogP contribution in [-0.2, 0) is 23.5 Å². The molecule has 0 radical (unpaired) electrons. The van der Waals surface area contributed by atoms with Gasteiger partial charge in [0.15, 0.2) is 0 Å². The molecular weight excluding hydrogens is 283 g/mol. The summed E-state index contributed by atoms with van der Waals surface area (Å²) in [5.74, 6) is -0.641. The minimum atomic E-state index is -3.69. The van der Waals surface area contributed by atoms with Gasteiger partial charge in [-0.25, -0.2) is 17.5 Å². The maximum atomic E-state index is 13.0. The number of sulfonamides is 1. The Kier molecular flexibility index (Phi) is 4.05. The van der Waals surface area contributed by atoms with Crippen LogP contribution in [0.25, 0.3) is 0 Å². The van der Waals surface area contributed by atoms with Gasteiger partial charge in [-0.3, -0.25) is 4.68 Å². The summed E-state index contributed by atoms with van der Waals surface area (Å²) in [5, 5.41) is 4.14. The quantitative estimate of drug-likeness (QED) is 0.794. The van der Waals surface area contributed by atoms with Crippen LogP contribution in [0.4, 0.5) is 10.1 Å². The maximum absolute atomic E-state index is 13.0. The predicted molar refractivity (Wildman–Crippen MR) is 72.9 cm³/mol. The first-order valence-electron chi connectivity index (χ1n) is 5.92. The van der Waals surface area contributed by atoms with Crippen LogP contribution < -0.4 is 10.5 Å². The standard InChI is InChI=1S/C12H15FN4O2S/c1-17-7-5-9(16-17)4-6-15-20(18,19)10-2-3-11(13)12(14)8-10/h2-3,5,7-8,15H,4,6,14H2,1H3. The zero-order valence-electron chi connectivity index (χ0n) is 10.9. The van der Waals surface area contributed by atoms with E-state index in [4.69, 9.17) is 5.73 Å². The second kappa shape index (κ2) is 5.59. The SMILES string of the molecule is Cn1ccc(CCNS(=O)(=O)c2ccc(F)c(N)c2)n1. The summed E-state index contributed by atoms with van der Waals surface area (Å²) in [6.07, 6.45) is 2.25. The molecule has 108 valence electrons. The molecule has 0 saturated carbocycles. The van der Waals surface area contributed by atoms with Gasteiger partial charge in [0.25, 0.3) is 0 Å². The van der Waals surface area contributed by atoms with E-state index in [-0.39, 0.29) is 17.1 Å². The van der Waals surface area contributed by atoms with Crippen molar-refractivity contribution in [2.45, 2.75) is 11.3 Å².